The molecule has 1 unspecified atom stereocenters. The van der Waals surface area contributed by atoms with E-state index in [0.717, 1.165) is 0 Å². The molecule has 0 bridgehead atoms. The van der Waals surface area contributed by atoms with Gasteiger partial charge in [0.2, 0.25) is 0 Å². The largest absolute Gasteiger partial charge is 0.398 e. The Morgan fingerprint density at radius 2 is 2.06 bits per heavy atom. The first kappa shape index (κ1) is 10.4. The summed E-state index contributed by atoms with van der Waals surface area (Å²) in [6.07, 6.45) is 3.71. The molecule has 5 N–H and O–H groups in total. The molecule has 84 valence electrons. The van der Waals surface area contributed by atoms with Gasteiger partial charge in [-0.2, -0.15) is 5.10 Å². The van der Waals surface area contributed by atoms with Crippen molar-refractivity contribution in [1.82, 2.24) is 14.8 Å². The molecule has 0 aliphatic carbocycles. The van der Waals surface area contributed by atoms with E-state index in [1.54, 1.807) is 19.3 Å². The number of anilines is 2. The minimum Gasteiger partial charge on any atom is -0.398 e. The Hall–Kier alpha value is -2.08. The van der Waals surface area contributed by atoms with Gasteiger partial charge in [0.1, 0.15) is 11.9 Å². The number of aromatic nitrogens is 3. The van der Waals surface area contributed by atoms with Crippen LogP contribution < -0.4 is 11.5 Å². The van der Waals surface area contributed by atoms with Gasteiger partial charge in [-0.25, -0.2) is 0 Å². The van der Waals surface area contributed by atoms with E-state index in [9.17, 15) is 5.11 Å². The van der Waals surface area contributed by atoms with Crippen LogP contribution in [0.15, 0.2) is 24.7 Å². The van der Waals surface area contributed by atoms with Crippen molar-refractivity contribution in [3.05, 3.63) is 35.8 Å². The van der Waals surface area contributed by atoms with E-state index in [2.05, 4.69) is 10.1 Å². The van der Waals surface area contributed by atoms with E-state index in [0.29, 0.717) is 22.6 Å². The number of nitrogens with zero attached hydrogens (tertiary/aromatic N) is 3. The highest BCUT2D eigenvalue weighted by Gasteiger charge is 2.18. The molecule has 0 fully saturated rings. The van der Waals surface area contributed by atoms with Crippen LogP contribution in [0.4, 0.5) is 11.5 Å². The minimum atomic E-state index is -0.901. The van der Waals surface area contributed by atoms with Gasteiger partial charge in [-0.05, 0) is 6.07 Å². The summed E-state index contributed by atoms with van der Waals surface area (Å²) >= 11 is 0. The molecule has 1 atom stereocenters. The Morgan fingerprint density at radius 1 is 1.31 bits per heavy atom. The number of rotatable bonds is 2. The molecule has 2 heterocycles. The van der Waals surface area contributed by atoms with Crippen molar-refractivity contribution in [3.8, 4) is 0 Å². The van der Waals surface area contributed by atoms with Gasteiger partial charge in [0.05, 0.1) is 6.20 Å². The van der Waals surface area contributed by atoms with Crippen LogP contribution in [0.3, 0.4) is 0 Å². The second-order valence-corrected chi connectivity index (χ2v) is 3.52. The molecule has 0 spiro atoms. The second kappa shape index (κ2) is 3.82. The van der Waals surface area contributed by atoms with Crippen LogP contribution in [0.25, 0.3) is 0 Å². The van der Waals surface area contributed by atoms with Crippen LogP contribution in [0.5, 0.6) is 0 Å². The lowest BCUT2D eigenvalue weighted by Gasteiger charge is -2.12. The monoisotopic (exact) mass is 219 g/mol. The number of aryl methyl sites for hydroxylation is 1. The summed E-state index contributed by atoms with van der Waals surface area (Å²) in [5.41, 5.74) is 13.1. The molecule has 0 saturated carbocycles. The smallest absolute Gasteiger partial charge is 0.127 e. The summed E-state index contributed by atoms with van der Waals surface area (Å²) in [6, 6.07) is 1.63. The lowest BCUT2D eigenvalue weighted by atomic mass is 10.0. The van der Waals surface area contributed by atoms with Gasteiger partial charge in [0.15, 0.2) is 0 Å². The second-order valence-electron chi connectivity index (χ2n) is 3.52. The summed E-state index contributed by atoms with van der Waals surface area (Å²) < 4.78 is 1.49. The minimum absolute atomic E-state index is 0.413. The van der Waals surface area contributed by atoms with E-state index >= 15 is 0 Å². The van der Waals surface area contributed by atoms with Crippen LogP contribution in [-0.2, 0) is 7.05 Å². The maximum atomic E-state index is 10.1. The fraction of sp³-hybridized carbons (Fsp3) is 0.200. The predicted molar refractivity (Wildman–Crippen MR) is 60.3 cm³/mol. The van der Waals surface area contributed by atoms with Crippen molar-refractivity contribution >= 4 is 11.5 Å². The van der Waals surface area contributed by atoms with Crippen LogP contribution in [0.2, 0.25) is 0 Å². The van der Waals surface area contributed by atoms with E-state index in [1.165, 1.54) is 17.1 Å². The molecule has 0 aliphatic heterocycles. The average Bonchev–Trinajstić information content (AvgIpc) is 2.60. The molecule has 2 rings (SSSR count). The molecule has 6 nitrogen and oxygen atoms in total. The Balaban J connectivity index is 2.43. The van der Waals surface area contributed by atoms with Crippen molar-refractivity contribution in [2.45, 2.75) is 6.10 Å². The Labute approximate surface area is 92.5 Å². The SMILES string of the molecule is Cn1ncc(C(O)c2cnccc2N)c1N. The average molecular weight is 219 g/mol. The van der Waals surface area contributed by atoms with Crippen molar-refractivity contribution < 1.29 is 5.11 Å². The van der Waals surface area contributed by atoms with E-state index < -0.39 is 6.10 Å². The Kier molecular flexibility index (Phi) is 2.49. The number of nitrogen functional groups attached to an aromatic ring is 2. The summed E-state index contributed by atoms with van der Waals surface area (Å²) in [6.45, 7) is 0. The van der Waals surface area contributed by atoms with Crippen molar-refractivity contribution in [2.24, 2.45) is 7.05 Å². The first-order valence-corrected chi connectivity index (χ1v) is 4.76. The molecule has 6 heteroatoms. The highest BCUT2D eigenvalue weighted by atomic mass is 16.3. The lowest BCUT2D eigenvalue weighted by Crippen LogP contribution is -2.07. The van der Waals surface area contributed by atoms with Gasteiger partial charge in [-0.3, -0.25) is 9.67 Å². The third-order valence-electron chi connectivity index (χ3n) is 2.49. The molecule has 0 saturated heterocycles. The summed E-state index contributed by atoms with van der Waals surface area (Å²) in [7, 11) is 1.71. The fourth-order valence-electron chi connectivity index (χ4n) is 1.49. The number of aliphatic hydroxyl groups excluding tert-OH is 1. The molecule has 2 aromatic heterocycles. The first-order chi connectivity index (χ1) is 7.61. The van der Waals surface area contributed by atoms with Crippen LogP contribution in [0, 0.1) is 0 Å². The normalized spacial score (nSPS) is 12.6. The third-order valence-corrected chi connectivity index (χ3v) is 2.49. The lowest BCUT2D eigenvalue weighted by molar-refractivity contribution is 0.221. The zero-order valence-corrected chi connectivity index (χ0v) is 8.83. The molecule has 0 radical (unpaired) electrons. The van der Waals surface area contributed by atoms with Crippen molar-refractivity contribution in [1.29, 1.82) is 0 Å². The molecule has 0 aliphatic rings. The van der Waals surface area contributed by atoms with Crippen molar-refractivity contribution in [2.75, 3.05) is 11.5 Å². The highest BCUT2D eigenvalue weighted by molar-refractivity contribution is 5.52. The zero-order valence-electron chi connectivity index (χ0n) is 8.83. The molecule has 0 aromatic carbocycles. The van der Waals surface area contributed by atoms with Crippen molar-refractivity contribution in [3.63, 3.8) is 0 Å². The topological polar surface area (TPSA) is 103 Å². The standard InChI is InChI=1S/C10H13N5O/c1-15-10(12)7(5-14-15)9(16)6-4-13-3-2-8(6)11/h2-5,9,16H,12H2,1H3,(H2,11,13). The molecule has 2 aromatic rings. The summed E-state index contributed by atoms with van der Waals surface area (Å²) in [4.78, 5) is 3.92. The number of nitrogens with two attached hydrogens (primary N) is 2. The Bertz CT molecular complexity index is 508. The van der Waals surface area contributed by atoms with Gasteiger partial charge in [0.25, 0.3) is 0 Å². The molecular formula is C10H13N5O. The summed E-state index contributed by atoms with van der Waals surface area (Å²) in [5.74, 6) is 0.413. The van der Waals surface area contributed by atoms with Gasteiger partial charge in [0, 0.05) is 36.3 Å². The van der Waals surface area contributed by atoms with E-state index in [1.807, 2.05) is 0 Å². The van der Waals surface area contributed by atoms with E-state index in [-0.39, 0.29) is 0 Å². The van der Waals surface area contributed by atoms with Crippen LogP contribution in [0.1, 0.15) is 17.2 Å². The van der Waals surface area contributed by atoms with Crippen LogP contribution in [-0.4, -0.2) is 19.9 Å². The zero-order chi connectivity index (χ0) is 11.7. The maximum absolute atomic E-state index is 10.1. The number of pyridine rings is 1. The molecular weight excluding hydrogens is 206 g/mol. The quantitative estimate of drug-likeness (QED) is 0.662. The highest BCUT2D eigenvalue weighted by Crippen LogP contribution is 2.28. The predicted octanol–water partition coefficient (Wildman–Crippen LogP) is 0.0612. The van der Waals surface area contributed by atoms with Crippen LogP contribution >= 0.6 is 0 Å². The summed E-state index contributed by atoms with van der Waals surface area (Å²) in [5, 5.41) is 14.1. The molecule has 0 amide bonds. The Morgan fingerprint density at radius 3 is 2.62 bits per heavy atom. The first-order valence-electron chi connectivity index (χ1n) is 4.76. The third kappa shape index (κ3) is 1.59. The maximum Gasteiger partial charge on any atom is 0.127 e. The van der Waals surface area contributed by atoms with Gasteiger partial charge < -0.3 is 16.6 Å². The number of hydrogen-bond acceptors (Lipinski definition) is 5. The van der Waals surface area contributed by atoms with E-state index in [4.69, 9.17) is 11.5 Å². The van der Waals surface area contributed by atoms with Gasteiger partial charge in [-0.15, -0.1) is 0 Å². The number of hydrogen-bond donors (Lipinski definition) is 3. The van der Waals surface area contributed by atoms with Gasteiger partial charge in [-0.1, -0.05) is 0 Å². The fourth-order valence-corrected chi connectivity index (χ4v) is 1.49. The number of aliphatic hydroxyl groups is 1. The van der Waals surface area contributed by atoms with Gasteiger partial charge >= 0.3 is 0 Å². The molecule has 16 heavy (non-hydrogen) atoms.